The zero-order valence-electron chi connectivity index (χ0n) is 11.7. The Bertz CT molecular complexity index is 364. The molecule has 1 aliphatic carbocycles. The minimum absolute atomic E-state index is 0.630. The molecule has 1 fully saturated rings. The molecule has 2 rings (SSSR count). The number of hydrogen-bond donors (Lipinski definition) is 2. The van der Waals surface area contributed by atoms with Crippen LogP contribution in [0.1, 0.15) is 30.4 Å². The summed E-state index contributed by atoms with van der Waals surface area (Å²) >= 11 is 0. The van der Waals surface area contributed by atoms with Crippen molar-refractivity contribution in [1.82, 2.24) is 5.32 Å². The van der Waals surface area contributed by atoms with Gasteiger partial charge in [0.2, 0.25) is 0 Å². The summed E-state index contributed by atoms with van der Waals surface area (Å²) in [6, 6.07) is 8.42. The van der Waals surface area contributed by atoms with Crippen LogP contribution in [0.3, 0.4) is 0 Å². The first-order chi connectivity index (χ1) is 9.40. The molecule has 0 aliphatic heterocycles. The van der Waals surface area contributed by atoms with E-state index in [1.807, 2.05) is 0 Å². The van der Waals surface area contributed by atoms with Crippen LogP contribution >= 0.6 is 0 Å². The number of rotatable bonds is 10. The fraction of sp³-hybridized carbons (Fsp3) is 0.625. The Morgan fingerprint density at radius 3 is 2.68 bits per heavy atom. The summed E-state index contributed by atoms with van der Waals surface area (Å²) in [5.41, 5.74) is 8.35. The summed E-state index contributed by atoms with van der Waals surface area (Å²) in [5, 5.41) is 3.47. The van der Waals surface area contributed by atoms with E-state index < -0.39 is 0 Å². The third-order valence-corrected chi connectivity index (χ3v) is 3.60. The number of nitrogens with two attached hydrogens (primary N) is 1. The summed E-state index contributed by atoms with van der Waals surface area (Å²) < 4.78 is 5.60. The van der Waals surface area contributed by atoms with Gasteiger partial charge in [0.1, 0.15) is 0 Å². The fourth-order valence-corrected chi connectivity index (χ4v) is 2.18. The minimum Gasteiger partial charge on any atom is -0.381 e. The van der Waals surface area contributed by atoms with Crippen molar-refractivity contribution >= 4 is 0 Å². The Balaban J connectivity index is 1.48. The highest BCUT2D eigenvalue weighted by Gasteiger charge is 2.20. The van der Waals surface area contributed by atoms with E-state index in [0.717, 1.165) is 45.1 Å². The van der Waals surface area contributed by atoms with Crippen molar-refractivity contribution in [2.75, 3.05) is 26.3 Å². The Morgan fingerprint density at radius 2 is 1.95 bits per heavy atom. The van der Waals surface area contributed by atoms with E-state index in [1.54, 1.807) is 0 Å². The van der Waals surface area contributed by atoms with E-state index >= 15 is 0 Å². The van der Waals surface area contributed by atoms with Crippen molar-refractivity contribution in [3.8, 4) is 0 Å². The predicted molar refractivity (Wildman–Crippen MR) is 79.1 cm³/mol. The fourth-order valence-electron chi connectivity index (χ4n) is 2.18. The summed E-state index contributed by atoms with van der Waals surface area (Å²) in [6.45, 7) is 4.55. The standard InChI is InChI=1S/C16H26N2O/c17-12-16-5-2-1-4-15(16)8-10-18-9-3-11-19-13-14-6-7-14/h1-2,4-5,14,18H,3,6-13,17H2. The van der Waals surface area contributed by atoms with Gasteiger partial charge in [-0.1, -0.05) is 24.3 Å². The SMILES string of the molecule is NCc1ccccc1CCNCCCOCC1CC1. The van der Waals surface area contributed by atoms with Crippen molar-refractivity contribution in [2.45, 2.75) is 32.2 Å². The lowest BCUT2D eigenvalue weighted by atomic mass is 10.0. The smallest absolute Gasteiger partial charge is 0.0494 e. The molecule has 0 heterocycles. The largest absolute Gasteiger partial charge is 0.381 e. The lowest BCUT2D eigenvalue weighted by molar-refractivity contribution is 0.122. The molecule has 1 aromatic rings. The first-order valence-electron chi connectivity index (χ1n) is 7.45. The van der Waals surface area contributed by atoms with Gasteiger partial charge in [-0.3, -0.25) is 0 Å². The summed E-state index contributed by atoms with van der Waals surface area (Å²) in [5.74, 6) is 0.876. The Morgan fingerprint density at radius 1 is 1.16 bits per heavy atom. The van der Waals surface area contributed by atoms with Gasteiger partial charge in [0.15, 0.2) is 0 Å². The van der Waals surface area contributed by atoms with E-state index in [4.69, 9.17) is 10.5 Å². The highest BCUT2D eigenvalue weighted by molar-refractivity contribution is 5.27. The number of ether oxygens (including phenoxy) is 1. The maximum absolute atomic E-state index is 5.73. The minimum atomic E-state index is 0.630. The Kier molecular flexibility index (Phi) is 6.34. The molecule has 3 heteroatoms. The molecule has 1 aliphatic rings. The summed E-state index contributed by atoms with van der Waals surface area (Å²) in [7, 11) is 0. The third-order valence-electron chi connectivity index (χ3n) is 3.60. The van der Waals surface area contributed by atoms with E-state index in [2.05, 4.69) is 29.6 Å². The molecule has 1 saturated carbocycles. The molecule has 0 spiro atoms. The van der Waals surface area contributed by atoms with Crippen LogP contribution in [0, 0.1) is 5.92 Å². The first-order valence-corrected chi connectivity index (χ1v) is 7.45. The lowest BCUT2D eigenvalue weighted by Gasteiger charge is -2.09. The van der Waals surface area contributed by atoms with Crippen molar-refractivity contribution in [1.29, 1.82) is 0 Å². The predicted octanol–water partition coefficient (Wildman–Crippen LogP) is 2.09. The third kappa shape index (κ3) is 5.72. The molecule has 0 unspecified atom stereocenters. The van der Waals surface area contributed by atoms with Gasteiger partial charge in [0, 0.05) is 19.8 Å². The van der Waals surface area contributed by atoms with Crippen LogP contribution in [0.4, 0.5) is 0 Å². The van der Waals surface area contributed by atoms with Gasteiger partial charge in [-0.15, -0.1) is 0 Å². The highest BCUT2D eigenvalue weighted by Crippen LogP contribution is 2.28. The topological polar surface area (TPSA) is 47.3 Å². The monoisotopic (exact) mass is 262 g/mol. The van der Waals surface area contributed by atoms with Crippen molar-refractivity contribution in [3.05, 3.63) is 35.4 Å². The van der Waals surface area contributed by atoms with Gasteiger partial charge < -0.3 is 15.8 Å². The molecule has 0 aromatic heterocycles. The average Bonchev–Trinajstić information content (AvgIpc) is 3.26. The van der Waals surface area contributed by atoms with Gasteiger partial charge in [0.25, 0.3) is 0 Å². The molecule has 1 aromatic carbocycles. The van der Waals surface area contributed by atoms with Gasteiger partial charge in [0.05, 0.1) is 0 Å². The van der Waals surface area contributed by atoms with Crippen LogP contribution < -0.4 is 11.1 Å². The molecule has 0 atom stereocenters. The maximum Gasteiger partial charge on any atom is 0.0494 e. The van der Waals surface area contributed by atoms with E-state index in [9.17, 15) is 0 Å². The number of benzene rings is 1. The van der Waals surface area contributed by atoms with Crippen LogP contribution in [-0.4, -0.2) is 26.3 Å². The van der Waals surface area contributed by atoms with Crippen LogP contribution in [-0.2, 0) is 17.7 Å². The van der Waals surface area contributed by atoms with E-state index in [-0.39, 0.29) is 0 Å². The van der Waals surface area contributed by atoms with Gasteiger partial charge in [-0.05, 0) is 55.8 Å². The molecule has 0 saturated heterocycles. The van der Waals surface area contributed by atoms with Gasteiger partial charge in [-0.2, -0.15) is 0 Å². The Labute approximate surface area is 116 Å². The van der Waals surface area contributed by atoms with E-state index in [0.29, 0.717) is 6.54 Å². The quantitative estimate of drug-likeness (QED) is 0.635. The molecule has 0 radical (unpaired) electrons. The average molecular weight is 262 g/mol. The number of nitrogens with one attached hydrogen (secondary N) is 1. The van der Waals surface area contributed by atoms with Gasteiger partial charge >= 0.3 is 0 Å². The molecule has 19 heavy (non-hydrogen) atoms. The lowest BCUT2D eigenvalue weighted by Crippen LogP contribution is -2.20. The normalized spacial score (nSPS) is 14.8. The maximum atomic E-state index is 5.73. The molecular formula is C16H26N2O. The van der Waals surface area contributed by atoms with Crippen LogP contribution in [0.25, 0.3) is 0 Å². The zero-order valence-corrected chi connectivity index (χ0v) is 11.7. The van der Waals surface area contributed by atoms with Crippen LogP contribution in [0.5, 0.6) is 0 Å². The molecule has 0 amide bonds. The Hall–Kier alpha value is -0.900. The van der Waals surface area contributed by atoms with Crippen molar-refractivity contribution < 1.29 is 4.74 Å². The first kappa shape index (κ1) is 14.5. The number of hydrogen-bond acceptors (Lipinski definition) is 3. The van der Waals surface area contributed by atoms with E-state index in [1.165, 1.54) is 24.0 Å². The van der Waals surface area contributed by atoms with Gasteiger partial charge in [-0.25, -0.2) is 0 Å². The summed E-state index contributed by atoms with van der Waals surface area (Å²) in [4.78, 5) is 0. The molecule has 0 bridgehead atoms. The second-order valence-electron chi connectivity index (χ2n) is 5.34. The van der Waals surface area contributed by atoms with Crippen LogP contribution in [0.2, 0.25) is 0 Å². The van der Waals surface area contributed by atoms with Crippen molar-refractivity contribution in [3.63, 3.8) is 0 Å². The molecule has 3 nitrogen and oxygen atoms in total. The molecule has 106 valence electrons. The second kappa shape index (κ2) is 8.31. The second-order valence-corrected chi connectivity index (χ2v) is 5.34. The molecule has 3 N–H and O–H groups in total. The molecular weight excluding hydrogens is 236 g/mol. The van der Waals surface area contributed by atoms with Crippen molar-refractivity contribution in [2.24, 2.45) is 11.7 Å². The van der Waals surface area contributed by atoms with Crippen LogP contribution in [0.15, 0.2) is 24.3 Å². The zero-order chi connectivity index (χ0) is 13.3. The highest BCUT2D eigenvalue weighted by atomic mass is 16.5. The summed E-state index contributed by atoms with van der Waals surface area (Å²) in [6.07, 6.45) is 4.90.